The van der Waals surface area contributed by atoms with Crippen molar-refractivity contribution in [1.82, 2.24) is 4.90 Å². The highest BCUT2D eigenvalue weighted by Crippen LogP contribution is 2.39. The van der Waals surface area contributed by atoms with E-state index >= 15 is 0 Å². The molecule has 0 unspecified atom stereocenters. The first-order chi connectivity index (χ1) is 11.1. The molecule has 0 fully saturated rings. The van der Waals surface area contributed by atoms with Gasteiger partial charge in [-0.3, -0.25) is 19.7 Å². The van der Waals surface area contributed by atoms with Crippen molar-refractivity contribution in [3.8, 4) is 5.75 Å². The van der Waals surface area contributed by atoms with Crippen LogP contribution < -0.4 is 9.64 Å². The molecule has 0 aromatic heterocycles. The van der Waals surface area contributed by atoms with E-state index in [4.69, 9.17) is 4.74 Å². The van der Waals surface area contributed by atoms with Gasteiger partial charge in [0.2, 0.25) is 5.91 Å². The Kier molecular flexibility index (Phi) is 4.59. The monoisotopic (exact) mass is 333 g/mol. The molecule has 1 aliphatic rings. The summed E-state index contributed by atoms with van der Waals surface area (Å²) >= 11 is 0. The van der Waals surface area contributed by atoms with Gasteiger partial charge in [-0.15, -0.1) is 0 Å². The number of hydrogen-bond acceptors (Lipinski definition) is 5. The zero-order valence-corrected chi connectivity index (χ0v) is 14.0. The number of anilines is 1. The van der Waals surface area contributed by atoms with E-state index in [1.165, 1.54) is 34.1 Å². The van der Waals surface area contributed by atoms with Crippen LogP contribution >= 0.6 is 0 Å². The number of nitrogens with zero attached hydrogens (tertiary/aromatic N) is 3. The van der Waals surface area contributed by atoms with Crippen LogP contribution in [0.1, 0.15) is 13.8 Å². The number of amides is 2. The minimum absolute atomic E-state index is 0.136. The first-order valence-electron chi connectivity index (χ1n) is 7.29. The van der Waals surface area contributed by atoms with Crippen molar-refractivity contribution in [2.45, 2.75) is 19.4 Å². The minimum atomic E-state index is -0.655. The van der Waals surface area contributed by atoms with Crippen molar-refractivity contribution in [2.75, 3.05) is 25.5 Å². The number of fused-ring (bicyclic) bond motifs is 1. The van der Waals surface area contributed by atoms with Crippen molar-refractivity contribution in [2.24, 2.45) is 0 Å². The Morgan fingerprint density at radius 3 is 2.58 bits per heavy atom. The summed E-state index contributed by atoms with van der Waals surface area (Å²) < 4.78 is 5.78. The molecule has 2 rings (SSSR count). The zero-order chi connectivity index (χ0) is 18.1. The van der Waals surface area contributed by atoms with Crippen LogP contribution in [0.25, 0.3) is 0 Å². The van der Waals surface area contributed by atoms with Crippen molar-refractivity contribution in [1.29, 1.82) is 0 Å². The van der Waals surface area contributed by atoms with Crippen molar-refractivity contribution in [3.05, 3.63) is 40.5 Å². The molecule has 8 nitrogen and oxygen atoms in total. The number of non-ortho nitro benzene ring substituents is 1. The smallest absolute Gasteiger partial charge is 0.271 e. The lowest BCUT2D eigenvalue weighted by Crippen LogP contribution is -2.49. The zero-order valence-electron chi connectivity index (χ0n) is 14.0. The normalized spacial score (nSPS) is 15.6. The first kappa shape index (κ1) is 17.5. The molecule has 24 heavy (non-hydrogen) atoms. The fourth-order valence-electron chi connectivity index (χ4n) is 2.29. The summed E-state index contributed by atoms with van der Waals surface area (Å²) in [6.07, 6.45) is 2.33. The Hall–Kier alpha value is -2.90. The van der Waals surface area contributed by atoms with E-state index < -0.39 is 16.4 Å². The second-order valence-electron chi connectivity index (χ2n) is 6.26. The number of likely N-dealkylation sites (N-methyl/N-ethyl adjacent to an activating group) is 1. The molecule has 0 N–H and O–H groups in total. The molecule has 0 saturated carbocycles. The Labute approximate surface area is 139 Å². The maximum absolute atomic E-state index is 12.5. The van der Waals surface area contributed by atoms with E-state index in [2.05, 4.69) is 0 Å². The summed E-state index contributed by atoms with van der Waals surface area (Å²) in [4.78, 5) is 37.3. The predicted octanol–water partition coefficient (Wildman–Crippen LogP) is 1.74. The molecule has 1 aromatic rings. The van der Waals surface area contributed by atoms with E-state index in [1.54, 1.807) is 14.1 Å². The Morgan fingerprint density at radius 2 is 2.00 bits per heavy atom. The topological polar surface area (TPSA) is 93.0 Å². The number of carbonyl (C=O) groups is 2. The number of carbonyl (C=O) groups excluding carboxylic acids is 2. The lowest BCUT2D eigenvalue weighted by Gasteiger charge is -2.39. The minimum Gasteiger partial charge on any atom is -0.484 e. The van der Waals surface area contributed by atoms with E-state index in [1.807, 2.05) is 13.8 Å². The summed E-state index contributed by atoms with van der Waals surface area (Å²) in [6.45, 7) is 3.83. The molecule has 0 radical (unpaired) electrons. The van der Waals surface area contributed by atoms with Gasteiger partial charge in [0, 0.05) is 38.4 Å². The van der Waals surface area contributed by atoms with Crippen LogP contribution in [0.4, 0.5) is 11.4 Å². The van der Waals surface area contributed by atoms with Crippen LogP contribution in [0.15, 0.2) is 30.4 Å². The Balaban J connectivity index is 2.39. The van der Waals surface area contributed by atoms with Crippen LogP contribution in [0.3, 0.4) is 0 Å². The SMILES string of the molecule is CN(C)C(=O)C=CC(=O)N1CC(C)(C)Oc2ccc([N+](=O)[O-])cc21. The van der Waals surface area contributed by atoms with Crippen molar-refractivity contribution in [3.63, 3.8) is 0 Å². The summed E-state index contributed by atoms with van der Waals surface area (Å²) in [7, 11) is 3.15. The van der Waals surface area contributed by atoms with Gasteiger partial charge in [0.25, 0.3) is 11.6 Å². The molecule has 0 atom stereocenters. The van der Waals surface area contributed by atoms with Crippen molar-refractivity contribution >= 4 is 23.2 Å². The second-order valence-corrected chi connectivity index (χ2v) is 6.26. The number of nitro groups is 1. The summed E-state index contributed by atoms with van der Waals surface area (Å²) in [6, 6.07) is 4.10. The predicted molar refractivity (Wildman–Crippen MR) is 88.0 cm³/mol. The summed E-state index contributed by atoms with van der Waals surface area (Å²) in [5.41, 5.74) is -0.475. The molecule has 0 spiro atoms. The third-order valence-electron chi connectivity index (χ3n) is 3.44. The molecule has 1 aromatic carbocycles. The molecule has 1 heterocycles. The Bertz CT molecular complexity index is 724. The number of hydrogen-bond donors (Lipinski definition) is 0. The molecule has 1 aliphatic heterocycles. The van der Waals surface area contributed by atoms with Gasteiger partial charge in [-0.1, -0.05) is 0 Å². The van der Waals surface area contributed by atoms with Crippen LogP contribution in [-0.4, -0.2) is 47.9 Å². The van der Waals surface area contributed by atoms with Gasteiger partial charge in [0.05, 0.1) is 17.2 Å². The summed E-state index contributed by atoms with van der Waals surface area (Å²) in [5.74, 6) is -0.379. The number of nitro benzene ring substituents is 1. The highest BCUT2D eigenvalue weighted by Gasteiger charge is 2.35. The third kappa shape index (κ3) is 3.70. The van der Waals surface area contributed by atoms with Gasteiger partial charge in [0.1, 0.15) is 11.4 Å². The van der Waals surface area contributed by atoms with Gasteiger partial charge in [0.15, 0.2) is 0 Å². The van der Waals surface area contributed by atoms with Gasteiger partial charge in [-0.2, -0.15) is 0 Å². The fraction of sp³-hybridized carbons (Fsp3) is 0.375. The van der Waals surface area contributed by atoms with Gasteiger partial charge < -0.3 is 14.5 Å². The molecule has 0 aliphatic carbocycles. The third-order valence-corrected chi connectivity index (χ3v) is 3.44. The molecule has 0 bridgehead atoms. The second kappa shape index (κ2) is 6.31. The molecule has 128 valence electrons. The highest BCUT2D eigenvalue weighted by molar-refractivity contribution is 6.06. The van der Waals surface area contributed by atoms with E-state index in [0.717, 1.165) is 6.08 Å². The lowest BCUT2D eigenvalue weighted by atomic mass is 10.0. The summed E-state index contributed by atoms with van der Waals surface area (Å²) in [5, 5.41) is 11.0. The van der Waals surface area contributed by atoms with Gasteiger partial charge >= 0.3 is 0 Å². The molecule has 8 heteroatoms. The first-order valence-corrected chi connectivity index (χ1v) is 7.29. The van der Waals surface area contributed by atoms with E-state index in [0.29, 0.717) is 11.4 Å². The average molecular weight is 333 g/mol. The van der Waals surface area contributed by atoms with Gasteiger partial charge in [-0.05, 0) is 19.9 Å². The van der Waals surface area contributed by atoms with Crippen LogP contribution in [0.5, 0.6) is 5.75 Å². The molecular formula is C16H19N3O5. The number of rotatable bonds is 3. The standard InChI is InChI=1S/C16H19N3O5/c1-16(2)10-18(15(21)8-7-14(20)17(3)4)12-9-11(19(22)23)5-6-13(12)24-16/h5-9H,10H2,1-4H3. The maximum atomic E-state index is 12.5. The quantitative estimate of drug-likeness (QED) is 0.477. The van der Waals surface area contributed by atoms with Crippen LogP contribution in [-0.2, 0) is 9.59 Å². The highest BCUT2D eigenvalue weighted by atomic mass is 16.6. The van der Waals surface area contributed by atoms with Crippen LogP contribution in [0, 0.1) is 10.1 Å². The molecule has 2 amide bonds. The number of ether oxygens (including phenoxy) is 1. The fourth-order valence-corrected chi connectivity index (χ4v) is 2.29. The number of benzene rings is 1. The van der Waals surface area contributed by atoms with E-state index in [-0.39, 0.29) is 18.1 Å². The Morgan fingerprint density at radius 1 is 1.33 bits per heavy atom. The maximum Gasteiger partial charge on any atom is 0.271 e. The van der Waals surface area contributed by atoms with Gasteiger partial charge in [-0.25, -0.2) is 0 Å². The molecule has 0 saturated heterocycles. The lowest BCUT2D eigenvalue weighted by molar-refractivity contribution is -0.384. The largest absolute Gasteiger partial charge is 0.484 e. The van der Waals surface area contributed by atoms with Crippen LogP contribution in [0.2, 0.25) is 0 Å². The van der Waals surface area contributed by atoms with E-state index in [9.17, 15) is 19.7 Å². The average Bonchev–Trinajstić information content (AvgIpc) is 2.49. The molecular weight excluding hydrogens is 314 g/mol. The van der Waals surface area contributed by atoms with Crippen molar-refractivity contribution < 1.29 is 19.2 Å².